The quantitative estimate of drug-likeness (QED) is 0.870. The Labute approximate surface area is 108 Å². The third-order valence-corrected chi connectivity index (χ3v) is 5.20. The molecule has 0 aromatic carbocycles. The molecule has 0 radical (unpaired) electrons. The average molecular weight is 250 g/mol. The van der Waals surface area contributed by atoms with E-state index < -0.39 is 0 Å². The maximum Gasteiger partial charge on any atom is 0.0343 e. The second-order valence-corrected chi connectivity index (χ2v) is 6.91. The van der Waals surface area contributed by atoms with Gasteiger partial charge in [-0.3, -0.25) is 4.90 Å². The minimum atomic E-state index is 0.324. The molecule has 0 unspecified atom stereocenters. The third-order valence-electron chi connectivity index (χ3n) is 4.34. The minimum Gasteiger partial charge on any atom is -0.329 e. The molecule has 2 fully saturated rings. The Morgan fingerprint density at radius 3 is 2.71 bits per heavy atom. The molecule has 0 spiro atoms. The van der Waals surface area contributed by atoms with Crippen molar-refractivity contribution in [3.63, 3.8) is 0 Å². The first-order valence-corrected chi connectivity index (χ1v) is 7.61. The summed E-state index contributed by atoms with van der Waals surface area (Å²) >= 11 is 1.88. The Morgan fingerprint density at radius 2 is 2.24 bits per heavy atom. The van der Waals surface area contributed by atoms with Gasteiger partial charge in [-0.1, -0.05) is 13.0 Å². The van der Waals surface area contributed by atoms with Crippen LogP contribution in [0, 0.1) is 5.92 Å². The van der Waals surface area contributed by atoms with Crippen molar-refractivity contribution in [3.05, 3.63) is 22.4 Å². The Kier molecular flexibility index (Phi) is 3.01. The van der Waals surface area contributed by atoms with Gasteiger partial charge in [-0.15, -0.1) is 11.3 Å². The zero-order chi connectivity index (χ0) is 11.9. The number of hydrogen-bond acceptors (Lipinski definition) is 3. The smallest absolute Gasteiger partial charge is 0.0343 e. The van der Waals surface area contributed by atoms with E-state index in [-0.39, 0.29) is 0 Å². The van der Waals surface area contributed by atoms with E-state index in [9.17, 15) is 0 Å². The van der Waals surface area contributed by atoms with Crippen molar-refractivity contribution < 1.29 is 0 Å². The van der Waals surface area contributed by atoms with Crippen LogP contribution in [0.4, 0.5) is 0 Å². The SMILES string of the molecule is CC1CC(CN)(N(Cc2cccs2)C2CC2)C1. The normalized spacial score (nSPS) is 32.8. The highest BCUT2D eigenvalue weighted by molar-refractivity contribution is 7.09. The fourth-order valence-corrected chi connectivity index (χ4v) is 4.10. The van der Waals surface area contributed by atoms with Gasteiger partial charge in [0.1, 0.15) is 0 Å². The van der Waals surface area contributed by atoms with E-state index in [1.54, 1.807) is 0 Å². The molecule has 0 aliphatic heterocycles. The molecule has 0 saturated heterocycles. The van der Waals surface area contributed by atoms with E-state index in [4.69, 9.17) is 5.73 Å². The molecule has 0 atom stereocenters. The topological polar surface area (TPSA) is 29.3 Å². The van der Waals surface area contributed by atoms with Gasteiger partial charge in [0, 0.05) is 29.5 Å². The van der Waals surface area contributed by atoms with Gasteiger partial charge < -0.3 is 5.73 Å². The van der Waals surface area contributed by atoms with Crippen molar-refractivity contribution >= 4 is 11.3 Å². The Hall–Kier alpha value is -0.380. The van der Waals surface area contributed by atoms with Gasteiger partial charge in [-0.2, -0.15) is 0 Å². The maximum atomic E-state index is 6.09. The molecule has 2 N–H and O–H groups in total. The summed E-state index contributed by atoms with van der Waals surface area (Å²) in [5.41, 5.74) is 6.41. The molecule has 2 nitrogen and oxygen atoms in total. The molecule has 17 heavy (non-hydrogen) atoms. The zero-order valence-electron chi connectivity index (χ0n) is 10.6. The monoisotopic (exact) mass is 250 g/mol. The summed E-state index contributed by atoms with van der Waals surface area (Å²) in [7, 11) is 0. The predicted octanol–water partition coefficient (Wildman–Crippen LogP) is 2.84. The maximum absolute atomic E-state index is 6.09. The Morgan fingerprint density at radius 1 is 1.47 bits per heavy atom. The van der Waals surface area contributed by atoms with Crippen molar-refractivity contribution in [2.24, 2.45) is 11.7 Å². The van der Waals surface area contributed by atoms with Gasteiger partial charge in [0.15, 0.2) is 0 Å². The molecule has 0 bridgehead atoms. The van der Waals surface area contributed by atoms with Crippen LogP contribution in [-0.4, -0.2) is 23.0 Å². The van der Waals surface area contributed by atoms with Crippen molar-refractivity contribution in [1.82, 2.24) is 4.90 Å². The molecule has 2 aliphatic carbocycles. The van der Waals surface area contributed by atoms with Crippen LogP contribution >= 0.6 is 11.3 Å². The van der Waals surface area contributed by atoms with Gasteiger partial charge in [-0.25, -0.2) is 0 Å². The highest BCUT2D eigenvalue weighted by atomic mass is 32.1. The average Bonchev–Trinajstić information content (AvgIpc) is 3.00. The second kappa shape index (κ2) is 4.38. The lowest BCUT2D eigenvalue weighted by atomic mass is 9.68. The molecule has 2 aliphatic rings. The van der Waals surface area contributed by atoms with Gasteiger partial charge in [-0.05, 0) is 43.0 Å². The number of hydrogen-bond donors (Lipinski definition) is 1. The largest absolute Gasteiger partial charge is 0.329 e. The van der Waals surface area contributed by atoms with E-state index >= 15 is 0 Å². The van der Waals surface area contributed by atoms with Gasteiger partial charge in [0.2, 0.25) is 0 Å². The third kappa shape index (κ3) is 2.16. The predicted molar refractivity (Wildman–Crippen MR) is 73.1 cm³/mol. The Balaban J connectivity index is 1.75. The van der Waals surface area contributed by atoms with Crippen LogP contribution in [0.3, 0.4) is 0 Å². The summed E-state index contributed by atoms with van der Waals surface area (Å²) in [6, 6.07) is 5.23. The number of rotatable bonds is 5. The van der Waals surface area contributed by atoms with Crippen LogP contribution in [-0.2, 0) is 6.54 Å². The second-order valence-electron chi connectivity index (χ2n) is 5.88. The molecule has 2 saturated carbocycles. The lowest BCUT2D eigenvalue weighted by Gasteiger charge is -2.53. The highest BCUT2D eigenvalue weighted by Gasteiger charge is 2.50. The molecule has 1 aromatic rings. The summed E-state index contributed by atoms with van der Waals surface area (Å²) in [5.74, 6) is 0.864. The van der Waals surface area contributed by atoms with Gasteiger partial charge in [0.25, 0.3) is 0 Å². The zero-order valence-corrected chi connectivity index (χ0v) is 11.4. The van der Waals surface area contributed by atoms with Gasteiger partial charge in [0.05, 0.1) is 0 Å². The fraction of sp³-hybridized carbons (Fsp3) is 0.714. The van der Waals surface area contributed by atoms with E-state index in [1.807, 2.05) is 11.3 Å². The first kappa shape index (κ1) is 11.7. The number of nitrogens with two attached hydrogens (primary N) is 1. The van der Waals surface area contributed by atoms with E-state index in [2.05, 4.69) is 29.3 Å². The van der Waals surface area contributed by atoms with Crippen LogP contribution in [0.25, 0.3) is 0 Å². The molecule has 3 rings (SSSR count). The highest BCUT2D eigenvalue weighted by Crippen LogP contribution is 2.47. The van der Waals surface area contributed by atoms with Gasteiger partial charge >= 0.3 is 0 Å². The number of thiophene rings is 1. The first-order valence-electron chi connectivity index (χ1n) is 6.73. The van der Waals surface area contributed by atoms with Crippen LogP contribution in [0.5, 0.6) is 0 Å². The molecule has 1 aromatic heterocycles. The lowest BCUT2D eigenvalue weighted by molar-refractivity contribution is -0.0244. The van der Waals surface area contributed by atoms with E-state index in [0.29, 0.717) is 5.54 Å². The minimum absolute atomic E-state index is 0.324. The Bertz CT molecular complexity index is 364. The molecule has 0 amide bonds. The van der Waals surface area contributed by atoms with Crippen LogP contribution in [0.1, 0.15) is 37.5 Å². The first-order chi connectivity index (χ1) is 8.23. The number of nitrogens with zero attached hydrogens (tertiary/aromatic N) is 1. The standard InChI is InChI=1S/C14H22N2S/c1-11-7-14(8-11,10-15)16(12-4-5-12)9-13-3-2-6-17-13/h2-3,6,11-12H,4-5,7-10,15H2,1H3. The van der Waals surface area contributed by atoms with Crippen molar-refractivity contribution in [1.29, 1.82) is 0 Å². The molecule has 3 heteroatoms. The van der Waals surface area contributed by atoms with Crippen molar-refractivity contribution in [2.45, 2.75) is 50.7 Å². The van der Waals surface area contributed by atoms with Crippen LogP contribution < -0.4 is 5.73 Å². The molecular weight excluding hydrogens is 228 g/mol. The van der Waals surface area contributed by atoms with Crippen molar-refractivity contribution in [3.8, 4) is 0 Å². The van der Waals surface area contributed by atoms with E-state index in [0.717, 1.165) is 25.0 Å². The summed E-state index contributed by atoms with van der Waals surface area (Å²) in [6.45, 7) is 4.30. The van der Waals surface area contributed by atoms with Crippen LogP contribution in [0.2, 0.25) is 0 Å². The van der Waals surface area contributed by atoms with Crippen LogP contribution in [0.15, 0.2) is 17.5 Å². The van der Waals surface area contributed by atoms with E-state index in [1.165, 1.54) is 30.6 Å². The summed E-state index contributed by atoms with van der Waals surface area (Å²) < 4.78 is 0. The summed E-state index contributed by atoms with van der Waals surface area (Å²) in [4.78, 5) is 4.21. The fourth-order valence-electron chi connectivity index (χ4n) is 3.40. The lowest BCUT2D eigenvalue weighted by Crippen LogP contribution is -2.61. The molecule has 94 valence electrons. The molecular formula is C14H22N2S. The summed E-state index contributed by atoms with van der Waals surface area (Å²) in [5, 5.41) is 2.18. The van der Waals surface area contributed by atoms with Crippen molar-refractivity contribution in [2.75, 3.05) is 6.54 Å². The molecule has 1 heterocycles. The summed E-state index contributed by atoms with van der Waals surface area (Å²) in [6.07, 6.45) is 5.35.